The number of carbonyl (C=O) groups is 1. The van der Waals surface area contributed by atoms with Crippen LogP contribution in [-0.2, 0) is 11.2 Å². The molecule has 0 N–H and O–H groups in total. The lowest BCUT2D eigenvalue weighted by molar-refractivity contribution is -0.139. The Morgan fingerprint density at radius 3 is 2.48 bits per heavy atom. The average Bonchev–Trinajstić information content (AvgIpc) is 2.84. The highest BCUT2D eigenvalue weighted by Gasteiger charge is 2.32. The van der Waals surface area contributed by atoms with Gasteiger partial charge in [-0.25, -0.2) is 0 Å². The van der Waals surface area contributed by atoms with E-state index in [-0.39, 0.29) is 12.0 Å². The SMILES string of the molecule is CC1CCCCN1c1ccc(N2CCN(C(=O)C3CCc4ccccc4O3)CC2)nn1. The van der Waals surface area contributed by atoms with Crippen LogP contribution in [-0.4, -0.2) is 65.9 Å². The molecule has 4 heterocycles. The van der Waals surface area contributed by atoms with Crippen LogP contribution in [0.1, 0.15) is 38.2 Å². The Balaban J connectivity index is 1.16. The summed E-state index contributed by atoms with van der Waals surface area (Å²) in [5, 5.41) is 9.01. The number of para-hydroxylation sites is 1. The smallest absolute Gasteiger partial charge is 0.263 e. The first kappa shape index (κ1) is 20.1. The van der Waals surface area contributed by atoms with Crippen LogP contribution in [0.3, 0.4) is 0 Å². The molecule has 0 saturated carbocycles. The number of hydrogen-bond acceptors (Lipinski definition) is 6. The van der Waals surface area contributed by atoms with E-state index in [4.69, 9.17) is 4.74 Å². The minimum atomic E-state index is -0.368. The number of anilines is 2. The molecule has 1 amide bonds. The van der Waals surface area contributed by atoms with Gasteiger partial charge >= 0.3 is 0 Å². The molecule has 1 aromatic carbocycles. The Bertz CT molecular complexity index is 910. The van der Waals surface area contributed by atoms with Gasteiger partial charge in [-0.2, -0.15) is 0 Å². The number of benzene rings is 1. The zero-order chi connectivity index (χ0) is 21.2. The normalized spacial score (nSPS) is 23.8. The molecule has 2 fully saturated rings. The summed E-state index contributed by atoms with van der Waals surface area (Å²) in [5.74, 6) is 2.82. The fourth-order valence-corrected chi connectivity index (χ4v) is 4.94. The zero-order valence-electron chi connectivity index (χ0n) is 18.2. The standard InChI is InChI=1S/C24H31N5O2/c1-18-6-4-5-13-29(18)23-12-11-22(25-26-23)27-14-16-28(17-15-27)24(30)21-10-9-19-7-2-3-8-20(19)31-21/h2-3,7-8,11-12,18,21H,4-6,9-10,13-17H2,1H3. The van der Waals surface area contributed by atoms with E-state index in [9.17, 15) is 4.79 Å². The maximum absolute atomic E-state index is 13.0. The van der Waals surface area contributed by atoms with Crippen molar-refractivity contribution in [2.75, 3.05) is 42.5 Å². The van der Waals surface area contributed by atoms with Crippen LogP contribution in [0.5, 0.6) is 5.75 Å². The molecular formula is C24H31N5O2. The Hall–Kier alpha value is -2.83. The number of fused-ring (bicyclic) bond motifs is 1. The third-order valence-corrected chi connectivity index (χ3v) is 6.84. The van der Waals surface area contributed by atoms with Gasteiger partial charge in [0.15, 0.2) is 17.7 Å². The molecule has 164 valence electrons. The van der Waals surface area contributed by atoms with Crippen molar-refractivity contribution in [2.24, 2.45) is 0 Å². The number of carbonyl (C=O) groups excluding carboxylic acids is 1. The van der Waals surface area contributed by atoms with Crippen molar-refractivity contribution in [2.45, 2.75) is 51.2 Å². The van der Waals surface area contributed by atoms with Crippen LogP contribution in [0.25, 0.3) is 0 Å². The summed E-state index contributed by atoms with van der Waals surface area (Å²) < 4.78 is 6.01. The van der Waals surface area contributed by atoms with E-state index in [1.807, 2.05) is 23.1 Å². The van der Waals surface area contributed by atoms with Gasteiger partial charge in [-0.05, 0) is 62.8 Å². The molecule has 2 atom stereocenters. The highest BCUT2D eigenvalue weighted by atomic mass is 16.5. The lowest BCUT2D eigenvalue weighted by Crippen LogP contribution is -2.53. The van der Waals surface area contributed by atoms with Gasteiger partial charge in [-0.1, -0.05) is 18.2 Å². The fraction of sp³-hybridized carbons (Fsp3) is 0.542. The van der Waals surface area contributed by atoms with E-state index in [0.717, 1.165) is 49.9 Å². The summed E-state index contributed by atoms with van der Waals surface area (Å²) >= 11 is 0. The molecule has 2 saturated heterocycles. The van der Waals surface area contributed by atoms with Crippen molar-refractivity contribution in [1.29, 1.82) is 0 Å². The summed E-state index contributed by atoms with van der Waals surface area (Å²) in [6.07, 6.45) is 5.01. The lowest BCUT2D eigenvalue weighted by atomic mass is 10.0. The topological polar surface area (TPSA) is 61.8 Å². The monoisotopic (exact) mass is 421 g/mol. The predicted molar refractivity (Wildman–Crippen MR) is 121 cm³/mol. The van der Waals surface area contributed by atoms with Crippen molar-refractivity contribution in [3.63, 3.8) is 0 Å². The number of aromatic nitrogens is 2. The number of nitrogens with zero attached hydrogens (tertiary/aromatic N) is 5. The van der Waals surface area contributed by atoms with Crippen LogP contribution in [0.2, 0.25) is 0 Å². The number of amides is 1. The Morgan fingerprint density at radius 1 is 0.935 bits per heavy atom. The summed E-state index contributed by atoms with van der Waals surface area (Å²) in [6, 6.07) is 12.7. The number of hydrogen-bond donors (Lipinski definition) is 0. The fourth-order valence-electron chi connectivity index (χ4n) is 4.94. The lowest BCUT2D eigenvalue weighted by Gasteiger charge is -2.38. The van der Waals surface area contributed by atoms with E-state index in [1.165, 1.54) is 24.8 Å². The third kappa shape index (κ3) is 4.18. The van der Waals surface area contributed by atoms with E-state index in [1.54, 1.807) is 0 Å². The van der Waals surface area contributed by atoms with Gasteiger partial charge in [0, 0.05) is 38.8 Å². The van der Waals surface area contributed by atoms with Crippen LogP contribution >= 0.6 is 0 Å². The highest BCUT2D eigenvalue weighted by Crippen LogP contribution is 2.28. The molecule has 7 heteroatoms. The molecular weight excluding hydrogens is 390 g/mol. The number of ether oxygens (including phenoxy) is 1. The molecule has 0 aliphatic carbocycles. The highest BCUT2D eigenvalue weighted by molar-refractivity contribution is 5.82. The minimum Gasteiger partial charge on any atom is -0.480 e. The Labute approximate surface area is 184 Å². The average molecular weight is 422 g/mol. The summed E-state index contributed by atoms with van der Waals surface area (Å²) in [4.78, 5) is 19.5. The molecule has 3 aliphatic heterocycles. The van der Waals surface area contributed by atoms with Gasteiger partial charge in [-0.3, -0.25) is 4.79 Å². The largest absolute Gasteiger partial charge is 0.480 e. The molecule has 31 heavy (non-hydrogen) atoms. The van der Waals surface area contributed by atoms with Gasteiger partial charge in [0.1, 0.15) is 5.75 Å². The number of piperazine rings is 1. The maximum Gasteiger partial charge on any atom is 0.263 e. The first-order valence-corrected chi connectivity index (χ1v) is 11.6. The van der Waals surface area contributed by atoms with Crippen LogP contribution in [0.4, 0.5) is 11.6 Å². The second-order valence-electron chi connectivity index (χ2n) is 8.85. The molecule has 2 aromatic rings. The van der Waals surface area contributed by atoms with E-state index < -0.39 is 0 Å². The quantitative estimate of drug-likeness (QED) is 0.760. The van der Waals surface area contributed by atoms with Crippen LogP contribution < -0.4 is 14.5 Å². The van der Waals surface area contributed by atoms with Gasteiger partial charge in [0.25, 0.3) is 5.91 Å². The van der Waals surface area contributed by atoms with Crippen molar-refractivity contribution >= 4 is 17.5 Å². The minimum absolute atomic E-state index is 0.106. The van der Waals surface area contributed by atoms with E-state index in [2.05, 4.69) is 45.1 Å². The summed E-state index contributed by atoms with van der Waals surface area (Å²) in [7, 11) is 0. The van der Waals surface area contributed by atoms with Crippen LogP contribution in [0.15, 0.2) is 36.4 Å². The second-order valence-corrected chi connectivity index (χ2v) is 8.85. The molecule has 2 unspecified atom stereocenters. The second kappa shape index (κ2) is 8.73. The number of aryl methyl sites for hydroxylation is 1. The molecule has 7 nitrogen and oxygen atoms in total. The molecule has 5 rings (SSSR count). The maximum atomic E-state index is 13.0. The van der Waals surface area contributed by atoms with Gasteiger partial charge in [0.2, 0.25) is 0 Å². The first-order valence-electron chi connectivity index (χ1n) is 11.6. The number of rotatable bonds is 3. The molecule has 3 aliphatic rings. The Kier molecular flexibility index (Phi) is 5.66. The third-order valence-electron chi connectivity index (χ3n) is 6.84. The molecule has 0 radical (unpaired) electrons. The molecule has 0 spiro atoms. The number of piperidine rings is 1. The van der Waals surface area contributed by atoms with Crippen molar-refractivity contribution in [3.8, 4) is 5.75 Å². The summed E-state index contributed by atoms with van der Waals surface area (Å²) in [6.45, 7) is 6.23. The van der Waals surface area contributed by atoms with Crippen molar-refractivity contribution in [1.82, 2.24) is 15.1 Å². The zero-order valence-corrected chi connectivity index (χ0v) is 18.2. The summed E-state index contributed by atoms with van der Waals surface area (Å²) in [5.41, 5.74) is 1.19. The van der Waals surface area contributed by atoms with E-state index in [0.29, 0.717) is 19.1 Å². The van der Waals surface area contributed by atoms with Crippen molar-refractivity contribution in [3.05, 3.63) is 42.0 Å². The van der Waals surface area contributed by atoms with Gasteiger partial charge in [0.05, 0.1) is 0 Å². The van der Waals surface area contributed by atoms with E-state index >= 15 is 0 Å². The van der Waals surface area contributed by atoms with Crippen molar-refractivity contribution < 1.29 is 9.53 Å². The van der Waals surface area contributed by atoms with Gasteiger partial charge < -0.3 is 19.4 Å². The van der Waals surface area contributed by atoms with Crippen LogP contribution in [0, 0.1) is 0 Å². The predicted octanol–water partition coefficient (Wildman–Crippen LogP) is 2.90. The first-order chi connectivity index (χ1) is 15.2. The molecule has 1 aromatic heterocycles. The Morgan fingerprint density at radius 2 is 1.71 bits per heavy atom. The van der Waals surface area contributed by atoms with Gasteiger partial charge in [-0.15, -0.1) is 10.2 Å². The molecule has 0 bridgehead atoms.